The molecule has 1 heterocycles. The highest BCUT2D eigenvalue weighted by Crippen LogP contribution is 2.41. The van der Waals surface area contributed by atoms with Gasteiger partial charge in [-0.1, -0.05) is 24.6 Å². The van der Waals surface area contributed by atoms with Crippen molar-refractivity contribution >= 4 is 11.0 Å². The Morgan fingerprint density at radius 3 is 2.76 bits per heavy atom. The van der Waals surface area contributed by atoms with E-state index in [1.807, 2.05) is 0 Å². The molecule has 1 aliphatic carbocycles. The molecule has 1 fully saturated rings. The van der Waals surface area contributed by atoms with Gasteiger partial charge in [-0.2, -0.15) is 0 Å². The zero-order valence-corrected chi connectivity index (χ0v) is 13.7. The summed E-state index contributed by atoms with van der Waals surface area (Å²) >= 11 is 0. The predicted molar refractivity (Wildman–Crippen MR) is 88.8 cm³/mol. The molecule has 2 atom stereocenters. The van der Waals surface area contributed by atoms with Gasteiger partial charge in [0.1, 0.15) is 11.3 Å². The largest absolute Gasteiger partial charge is 0.460 e. The van der Waals surface area contributed by atoms with Gasteiger partial charge in [0, 0.05) is 16.8 Å². The van der Waals surface area contributed by atoms with Gasteiger partial charge in [-0.05, 0) is 64.6 Å². The lowest BCUT2D eigenvalue weighted by Gasteiger charge is -2.25. The van der Waals surface area contributed by atoms with Gasteiger partial charge in [-0.15, -0.1) is 0 Å². The van der Waals surface area contributed by atoms with Crippen LogP contribution in [0, 0.1) is 12.8 Å². The predicted octanol–water partition coefficient (Wildman–Crippen LogP) is 5.01. The molecule has 1 aliphatic rings. The number of para-hydroxylation sites is 1. The summed E-state index contributed by atoms with van der Waals surface area (Å²) in [6.07, 6.45) is 3.89. The molecule has 0 amide bonds. The van der Waals surface area contributed by atoms with E-state index in [0.717, 1.165) is 12.1 Å². The maximum absolute atomic E-state index is 6.22. The maximum Gasteiger partial charge on any atom is 0.137 e. The minimum Gasteiger partial charge on any atom is -0.460 e. The first-order valence-electron chi connectivity index (χ1n) is 8.18. The molecule has 114 valence electrons. The average Bonchev–Trinajstić information content (AvgIpc) is 3.02. The zero-order chi connectivity index (χ0) is 15.0. The number of hydrogen-bond acceptors (Lipinski definition) is 2. The molecule has 2 nitrogen and oxygen atoms in total. The Kier molecular flexibility index (Phi) is 3.83. The third kappa shape index (κ3) is 3.16. The van der Waals surface area contributed by atoms with Crippen molar-refractivity contribution in [3.8, 4) is 0 Å². The van der Waals surface area contributed by atoms with Crippen LogP contribution in [0.15, 0.2) is 28.7 Å². The van der Waals surface area contributed by atoms with Crippen LogP contribution in [-0.4, -0.2) is 12.1 Å². The first-order chi connectivity index (χ1) is 9.94. The van der Waals surface area contributed by atoms with Crippen LogP contribution in [0.4, 0.5) is 0 Å². The molecule has 1 aromatic carbocycles. The summed E-state index contributed by atoms with van der Waals surface area (Å²) in [5, 5.41) is 4.92. The number of hydrogen-bond donors (Lipinski definition) is 1. The number of aryl methyl sites for hydroxylation is 1. The molecule has 1 saturated carbocycles. The second-order valence-electron chi connectivity index (χ2n) is 7.57. The van der Waals surface area contributed by atoms with Gasteiger partial charge in [0.05, 0.1) is 0 Å². The summed E-state index contributed by atoms with van der Waals surface area (Å²) in [4.78, 5) is 0. The van der Waals surface area contributed by atoms with Crippen molar-refractivity contribution in [2.75, 3.05) is 6.54 Å². The van der Waals surface area contributed by atoms with Crippen LogP contribution in [0.3, 0.4) is 0 Å². The minimum atomic E-state index is 0.192. The molecular weight excluding hydrogens is 258 g/mol. The number of rotatable bonds is 3. The summed E-state index contributed by atoms with van der Waals surface area (Å²) in [7, 11) is 0. The fraction of sp³-hybridized carbons (Fsp3) is 0.579. The molecule has 3 rings (SSSR count). The van der Waals surface area contributed by atoms with E-state index in [4.69, 9.17) is 4.42 Å². The summed E-state index contributed by atoms with van der Waals surface area (Å²) in [6.45, 7) is 9.93. The van der Waals surface area contributed by atoms with E-state index < -0.39 is 0 Å². The highest BCUT2D eigenvalue weighted by molar-refractivity contribution is 5.81. The van der Waals surface area contributed by atoms with Gasteiger partial charge in [-0.25, -0.2) is 0 Å². The Labute approximate surface area is 127 Å². The summed E-state index contributed by atoms with van der Waals surface area (Å²) in [5.41, 5.74) is 2.50. The van der Waals surface area contributed by atoms with E-state index >= 15 is 0 Å². The number of nitrogens with one attached hydrogen (secondary N) is 1. The molecule has 0 radical (unpaired) electrons. The number of fused-ring (bicyclic) bond motifs is 1. The smallest absolute Gasteiger partial charge is 0.137 e. The molecule has 2 heteroatoms. The van der Waals surface area contributed by atoms with Gasteiger partial charge in [0.2, 0.25) is 0 Å². The van der Waals surface area contributed by atoms with Crippen molar-refractivity contribution in [1.29, 1.82) is 0 Å². The Morgan fingerprint density at radius 2 is 2.05 bits per heavy atom. The van der Waals surface area contributed by atoms with Crippen LogP contribution in [0.1, 0.15) is 57.3 Å². The van der Waals surface area contributed by atoms with E-state index in [1.165, 1.54) is 36.0 Å². The Morgan fingerprint density at radius 1 is 1.24 bits per heavy atom. The first-order valence-corrected chi connectivity index (χ1v) is 8.18. The zero-order valence-electron chi connectivity index (χ0n) is 13.7. The standard InChI is InChI=1S/C19H27NO/c1-13-7-5-8-14-11-17(21-18(13)14)16-10-6-9-15(16)12-20-19(2,3)4/h5,7-8,11,15-16,20H,6,9-10,12H2,1-4H3. The third-order valence-electron chi connectivity index (χ3n) is 4.68. The second-order valence-corrected chi connectivity index (χ2v) is 7.57. The lowest BCUT2D eigenvalue weighted by Crippen LogP contribution is -2.39. The fourth-order valence-corrected chi connectivity index (χ4v) is 3.50. The third-order valence-corrected chi connectivity index (χ3v) is 4.68. The lowest BCUT2D eigenvalue weighted by atomic mass is 9.92. The number of benzene rings is 1. The normalized spacial score (nSPS) is 23.0. The van der Waals surface area contributed by atoms with Crippen molar-refractivity contribution in [3.63, 3.8) is 0 Å². The van der Waals surface area contributed by atoms with Crippen LogP contribution in [0.2, 0.25) is 0 Å². The summed E-state index contributed by atoms with van der Waals surface area (Å²) in [5.74, 6) is 2.47. The second kappa shape index (κ2) is 5.49. The molecule has 0 aliphatic heterocycles. The molecular formula is C19H27NO. The molecule has 1 aromatic heterocycles. The fourth-order valence-electron chi connectivity index (χ4n) is 3.50. The maximum atomic E-state index is 6.22. The molecule has 2 aromatic rings. The van der Waals surface area contributed by atoms with Gasteiger partial charge >= 0.3 is 0 Å². The van der Waals surface area contributed by atoms with E-state index in [1.54, 1.807) is 0 Å². The van der Waals surface area contributed by atoms with Crippen LogP contribution < -0.4 is 5.32 Å². The Balaban J connectivity index is 1.82. The van der Waals surface area contributed by atoms with Crippen LogP contribution in [-0.2, 0) is 0 Å². The van der Waals surface area contributed by atoms with Gasteiger partial charge < -0.3 is 9.73 Å². The molecule has 0 bridgehead atoms. The molecule has 1 N–H and O–H groups in total. The monoisotopic (exact) mass is 285 g/mol. The SMILES string of the molecule is Cc1cccc2cc(C3CCCC3CNC(C)(C)C)oc12. The lowest BCUT2D eigenvalue weighted by molar-refractivity contribution is 0.337. The molecule has 2 unspecified atom stereocenters. The first kappa shape index (κ1) is 14.6. The highest BCUT2D eigenvalue weighted by Gasteiger charge is 2.31. The topological polar surface area (TPSA) is 25.2 Å². The average molecular weight is 285 g/mol. The van der Waals surface area contributed by atoms with Crippen molar-refractivity contribution in [1.82, 2.24) is 5.32 Å². The Hall–Kier alpha value is -1.28. The van der Waals surface area contributed by atoms with Gasteiger partial charge in [0.25, 0.3) is 0 Å². The van der Waals surface area contributed by atoms with Crippen molar-refractivity contribution in [2.24, 2.45) is 5.92 Å². The van der Waals surface area contributed by atoms with Crippen LogP contribution >= 0.6 is 0 Å². The van der Waals surface area contributed by atoms with Crippen LogP contribution in [0.25, 0.3) is 11.0 Å². The summed E-state index contributed by atoms with van der Waals surface area (Å²) < 4.78 is 6.22. The van der Waals surface area contributed by atoms with Gasteiger partial charge in [-0.3, -0.25) is 0 Å². The quantitative estimate of drug-likeness (QED) is 0.857. The van der Waals surface area contributed by atoms with E-state index in [-0.39, 0.29) is 5.54 Å². The molecule has 21 heavy (non-hydrogen) atoms. The van der Waals surface area contributed by atoms with Crippen LogP contribution in [0.5, 0.6) is 0 Å². The number of furan rings is 1. The van der Waals surface area contributed by atoms with Crippen molar-refractivity contribution in [3.05, 3.63) is 35.6 Å². The van der Waals surface area contributed by atoms with E-state index in [9.17, 15) is 0 Å². The minimum absolute atomic E-state index is 0.192. The molecule has 0 saturated heterocycles. The van der Waals surface area contributed by atoms with Gasteiger partial charge in [0.15, 0.2) is 0 Å². The highest BCUT2D eigenvalue weighted by atomic mass is 16.3. The van der Waals surface area contributed by atoms with E-state index in [0.29, 0.717) is 11.8 Å². The van der Waals surface area contributed by atoms with E-state index in [2.05, 4.69) is 57.3 Å². The Bertz CT molecular complexity index is 620. The summed E-state index contributed by atoms with van der Waals surface area (Å²) in [6, 6.07) is 8.67. The van der Waals surface area contributed by atoms with Crippen molar-refractivity contribution in [2.45, 2.75) is 58.4 Å². The molecule has 0 spiro atoms. The van der Waals surface area contributed by atoms with Crippen molar-refractivity contribution < 1.29 is 4.42 Å².